The number of sulfone groups is 1. The molecule has 1 heterocycles. The van der Waals surface area contributed by atoms with E-state index in [1.807, 2.05) is 24.3 Å². The van der Waals surface area contributed by atoms with Crippen LogP contribution in [0.5, 0.6) is 0 Å². The second kappa shape index (κ2) is 5.08. The summed E-state index contributed by atoms with van der Waals surface area (Å²) in [5.41, 5.74) is 7.25. The van der Waals surface area contributed by atoms with Crippen molar-refractivity contribution in [3.63, 3.8) is 0 Å². The van der Waals surface area contributed by atoms with Crippen molar-refractivity contribution in [2.45, 2.75) is 18.9 Å². The van der Waals surface area contributed by atoms with Crippen molar-refractivity contribution in [3.05, 3.63) is 34.3 Å². The Hall–Kier alpha value is -0.390. The summed E-state index contributed by atoms with van der Waals surface area (Å²) in [5.74, 6) is 0.666. The first-order valence-electron chi connectivity index (χ1n) is 5.67. The molecule has 0 bridgehead atoms. The standard InChI is InChI=1S/C12H16BrNO2S/c13-11-3-1-9(2-4-11)7-12(14)10-5-6-17(15,16)8-10/h1-4,10,12H,5-8,14H2. The van der Waals surface area contributed by atoms with Gasteiger partial charge in [-0.05, 0) is 36.5 Å². The van der Waals surface area contributed by atoms with Crippen LogP contribution in [0, 0.1) is 5.92 Å². The summed E-state index contributed by atoms with van der Waals surface area (Å²) < 4.78 is 23.8. The molecule has 1 aromatic carbocycles. The second-order valence-electron chi connectivity index (χ2n) is 4.66. The molecule has 0 amide bonds. The maximum atomic E-state index is 11.4. The molecule has 94 valence electrons. The van der Waals surface area contributed by atoms with Gasteiger partial charge >= 0.3 is 0 Å². The van der Waals surface area contributed by atoms with Gasteiger partial charge in [-0.1, -0.05) is 28.1 Å². The summed E-state index contributed by atoms with van der Waals surface area (Å²) in [4.78, 5) is 0. The van der Waals surface area contributed by atoms with Crippen LogP contribution in [0.25, 0.3) is 0 Å². The molecule has 0 aliphatic carbocycles. The number of hydrogen-bond acceptors (Lipinski definition) is 3. The highest BCUT2D eigenvalue weighted by molar-refractivity contribution is 9.10. The van der Waals surface area contributed by atoms with E-state index in [1.54, 1.807) is 0 Å². The van der Waals surface area contributed by atoms with Crippen molar-refractivity contribution >= 4 is 25.8 Å². The van der Waals surface area contributed by atoms with Crippen molar-refractivity contribution in [1.29, 1.82) is 0 Å². The normalized spacial score (nSPS) is 24.7. The molecule has 0 radical (unpaired) electrons. The molecular formula is C12H16BrNO2S. The number of nitrogens with two attached hydrogens (primary N) is 1. The molecule has 0 aromatic heterocycles. The Bertz CT molecular complexity index is 484. The lowest BCUT2D eigenvalue weighted by atomic mass is 9.94. The molecule has 2 unspecified atom stereocenters. The van der Waals surface area contributed by atoms with Gasteiger partial charge in [0.05, 0.1) is 11.5 Å². The first kappa shape index (κ1) is 13.1. The second-order valence-corrected chi connectivity index (χ2v) is 7.80. The van der Waals surface area contributed by atoms with Crippen molar-refractivity contribution in [1.82, 2.24) is 0 Å². The third-order valence-electron chi connectivity index (χ3n) is 3.26. The van der Waals surface area contributed by atoms with Gasteiger partial charge in [-0.25, -0.2) is 8.42 Å². The van der Waals surface area contributed by atoms with E-state index in [9.17, 15) is 8.42 Å². The molecule has 17 heavy (non-hydrogen) atoms. The number of rotatable bonds is 3. The minimum atomic E-state index is -2.83. The lowest BCUT2D eigenvalue weighted by Crippen LogP contribution is -2.33. The molecule has 1 aliphatic rings. The molecule has 2 N–H and O–H groups in total. The Labute approximate surface area is 110 Å². The third-order valence-corrected chi connectivity index (χ3v) is 5.58. The summed E-state index contributed by atoms with van der Waals surface area (Å²) in [6, 6.07) is 7.94. The van der Waals surface area contributed by atoms with E-state index in [1.165, 1.54) is 0 Å². The molecule has 1 aromatic rings. The smallest absolute Gasteiger partial charge is 0.150 e. The topological polar surface area (TPSA) is 60.2 Å². The minimum Gasteiger partial charge on any atom is -0.327 e. The fourth-order valence-electron chi connectivity index (χ4n) is 2.22. The maximum absolute atomic E-state index is 11.4. The number of halogens is 1. The van der Waals surface area contributed by atoms with Crippen molar-refractivity contribution in [2.24, 2.45) is 11.7 Å². The SMILES string of the molecule is NC(Cc1ccc(Br)cc1)C1CCS(=O)(=O)C1. The Morgan fingerprint density at radius 2 is 2.00 bits per heavy atom. The van der Waals surface area contributed by atoms with E-state index in [4.69, 9.17) is 5.73 Å². The Morgan fingerprint density at radius 1 is 1.35 bits per heavy atom. The molecule has 0 saturated carbocycles. The molecule has 1 fully saturated rings. The molecule has 2 rings (SSSR count). The van der Waals surface area contributed by atoms with Gasteiger partial charge in [0.1, 0.15) is 0 Å². The monoisotopic (exact) mass is 317 g/mol. The van der Waals surface area contributed by atoms with E-state index in [0.29, 0.717) is 12.2 Å². The zero-order valence-electron chi connectivity index (χ0n) is 9.47. The van der Waals surface area contributed by atoms with Gasteiger partial charge in [-0.3, -0.25) is 0 Å². The lowest BCUT2D eigenvalue weighted by molar-refractivity contribution is 0.461. The van der Waals surface area contributed by atoms with E-state index >= 15 is 0 Å². The van der Waals surface area contributed by atoms with Crippen LogP contribution in [-0.2, 0) is 16.3 Å². The van der Waals surface area contributed by atoms with Gasteiger partial charge < -0.3 is 5.73 Å². The first-order valence-corrected chi connectivity index (χ1v) is 8.28. The van der Waals surface area contributed by atoms with Gasteiger partial charge in [0.15, 0.2) is 9.84 Å². The average Bonchev–Trinajstić information content (AvgIpc) is 2.62. The van der Waals surface area contributed by atoms with Crippen molar-refractivity contribution < 1.29 is 8.42 Å². The summed E-state index contributed by atoms with van der Waals surface area (Å²) >= 11 is 3.38. The summed E-state index contributed by atoms with van der Waals surface area (Å²) in [5, 5.41) is 0. The Morgan fingerprint density at radius 3 is 2.53 bits per heavy atom. The third kappa shape index (κ3) is 3.53. The molecule has 2 atom stereocenters. The number of hydrogen-bond donors (Lipinski definition) is 1. The van der Waals surface area contributed by atoms with Crippen LogP contribution in [0.2, 0.25) is 0 Å². The van der Waals surface area contributed by atoms with Crippen LogP contribution < -0.4 is 5.73 Å². The van der Waals surface area contributed by atoms with E-state index in [-0.39, 0.29) is 17.7 Å². The predicted octanol–water partition coefficient (Wildman–Crippen LogP) is 1.75. The highest BCUT2D eigenvalue weighted by Crippen LogP contribution is 2.23. The van der Waals surface area contributed by atoms with Crippen molar-refractivity contribution in [3.8, 4) is 0 Å². The predicted molar refractivity (Wildman–Crippen MR) is 72.6 cm³/mol. The van der Waals surface area contributed by atoms with E-state index in [0.717, 1.165) is 16.5 Å². The molecule has 5 heteroatoms. The van der Waals surface area contributed by atoms with Gasteiger partial charge in [-0.2, -0.15) is 0 Å². The highest BCUT2D eigenvalue weighted by atomic mass is 79.9. The van der Waals surface area contributed by atoms with Crippen molar-refractivity contribution in [2.75, 3.05) is 11.5 Å². The van der Waals surface area contributed by atoms with E-state index < -0.39 is 9.84 Å². The van der Waals surface area contributed by atoms with Crippen LogP contribution in [0.15, 0.2) is 28.7 Å². The minimum absolute atomic E-state index is 0.0616. The summed E-state index contributed by atoms with van der Waals surface area (Å²) in [6.45, 7) is 0. The summed E-state index contributed by atoms with van der Waals surface area (Å²) in [7, 11) is -2.83. The molecule has 0 spiro atoms. The molecule has 3 nitrogen and oxygen atoms in total. The van der Waals surface area contributed by atoms with Gasteiger partial charge in [0.2, 0.25) is 0 Å². The lowest BCUT2D eigenvalue weighted by Gasteiger charge is -2.17. The van der Waals surface area contributed by atoms with Gasteiger partial charge in [0.25, 0.3) is 0 Å². The van der Waals surface area contributed by atoms with Crippen LogP contribution in [-0.4, -0.2) is 26.0 Å². The van der Waals surface area contributed by atoms with Gasteiger partial charge in [-0.15, -0.1) is 0 Å². The van der Waals surface area contributed by atoms with Crippen LogP contribution in [0.4, 0.5) is 0 Å². The molecule has 1 saturated heterocycles. The maximum Gasteiger partial charge on any atom is 0.150 e. The zero-order chi connectivity index (χ0) is 12.5. The average molecular weight is 318 g/mol. The largest absolute Gasteiger partial charge is 0.327 e. The van der Waals surface area contributed by atoms with E-state index in [2.05, 4.69) is 15.9 Å². The summed E-state index contributed by atoms with van der Waals surface area (Å²) in [6.07, 6.45) is 1.45. The van der Waals surface area contributed by atoms with Crippen LogP contribution >= 0.6 is 15.9 Å². The Balaban J connectivity index is 1.98. The van der Waals surface area contributed by atoms with Gasteiger partial charge in [0, 0.05) is 10.5 Å². The highest BCUT2D eigenvalue weighted by Gasteiger charge is 2.31. The van der Waals surface area contributed by atoms with Crippen LogP contribution in [0.3, 0.4) is 0 Å². The Kier molecular flexibility index (Phi) is 3.90. The van der Waals surface area contributed by atoms with Crippen LogP contribution in [0.1, 0.15) is 12.0 Å². The molecule has 1 aliphatic heterocycles. The first-order chi connectivity index (χ1) is 7.96. The fraction of sp³-hybridized carbons (Fsp3) is 0.500. The molecular weight excluding hydrogens is 302 g/mol. The fourth-order valence-corrected chi connectivity index (χ4v) is 4.38. The zero-order valence-corrected chi connectivity index (χ0v) is 11.9. The quantitative estimate of drug-likeness (QED) is 0.924. The number of benzene rings is 1.